The number of benzene rings is 3. The molecule has 2 aliphatic heterocycles. The van der Waals surface area contributed by atoms with E-state index in [0.29, 0.717) is 63.1 Å². The van der Waals surface area contributed by atoms with Crippen molar-refractivity contribution in [1.29, 1.82) is 0 Å². The van der Waals surface area contributed by atoms with Crippen LogP contribution in [0.3, 0.4) is 0 Å². The molecule has 2 fully saturated rings. The van der Waals surface area contributed by atoms with Crippen LogP contribution in [0.15, 0.2) is 60.7 Å². The third kappa shape index (κ3) is 10.7. The number of piperidine rings is 1. The van der Waals surface area contributed by atoms with Gasteiger partial charge in [-0.1, -0.05) is 53.5 Å². The zero-order valence-electron chi connectivity index (χ0n) is 32.5. The molecular weight excluding hydrogens is 847 g/mol. The van der Waals surface area contributed by atoms with Crippen molar-refractivity contribution < 1.29 is 50.5 Å². The van der Waals surface area contributed by atoms with Crippen LogP contribution in [0.2, 0.25) is 10.0 Å². The average Bonchev–Trinajstić information content (AvgIpc) is 3.50. The number of carbonyl (C=O) groups excluding carboxylic acids is 2. The maximum atomic E-state index is 13.8. The minimum absolute atomic E-state index is 0. The first-order valence-electron chi connectivity index (χ1n) is 19.4. The molecule has 2 atom stereocenters. The van der Waals surface area contributed by atoms with Gasteiger partial charge in [-0.3, -0.25) is 9.59 Å². The predicted molar refractivity (Wildman–Crippen MR) is 214 cm³/mol. The molecule has 0 aromatic heterocycles. The highest BCUT2D eigenvalue weighted by Crippen LogP contribution is 2.48. The van der Waals surface area contributed by atoms with E-state index in [0.717, 1.165) is 25.7 Å². The summed E-state index contributed by atoms with van der Waals surface area (Å²) in [5.41, 5.74) is -2.44. The molecule has 0 unspecified atom stereocenters. The van der Waals surface area contributed by atoms with Crippen molar-refractivity contribution in [3.8, 4) is 0 Å². The number of rotatable bonds is 13. The van der Waals surface area contributed by atoms with Crippen LogP contribution in [0.25, 0.3) is 0 Å². The smallest absolute Gasteiger partial charge is 0.396 e. The maximum absolute atomic E-state index is 13.8. The molecule has 0 radical (unpaired) electrons. The number of unbranched alkanes of at least 4 members (excludes halogenated alkanes) is 2. The Bertz CT molecular complexity index is 1910. The predicted octanol–water partition coefficient (Wildman–Crippen LogP) is 8.81. The second-order valence-electron chi connectivity index (χ2n) is 15.5. The zero-order valence-corrected chi connectivity index (χ0v) is 34.8. The van der Waals surface area contributed by atoms with Gasteiger partial charge in [0.15, 0.2) is 0 Å². The molecule has 59 heavy (non-hydrogen) atoms. The second kappa shape index (κ2) is 19.3. The molecule has 3 aromatic carbocycles. The Morgan fingerprint density at radius 2 is 1.59 bits per heavy atom. The molecule has 1 N–H and O–H groups in total. The van der Waals surface area contributed by atoms with Gasteiger partial charge >= 0.3 is 12.4 Å². The van der Waals surface area contributed by atoms with Gasteiger partial charge < -0.3 is 29.3 Å². The van der Waals surface area contributed by atoms with Crippen molar-refractivity contribution in [3.05, 3.63) is 104 Å². The van der Waals surface area contributed by atoms with Gasteiger partial charge in [-0.15, -0.1) is 12.4 Å². The van der Waals surface area contributed by atoms with E-state index in [9.17, 15) is 35.9 Å². The Kier molecular flexibility index (Phi) is 15.4. The molecule has 6 rings (SSSR count). The van der Waals surface area contributed by atoms with Crippen LogP contribution in [-0.4, -0.2) is 104 Å². The van der Waals surface area contributed by atoms with Gasteiger partial charge in [0.1, 0.15) is 12.2 Å². The molecule has 8 nitrogen and oxygen atoms in total. The number of alkyl halides is 6. The van der Waals surface area contributed by atoms with Crippen LogP contribution >= 0.6 is 35.6 Å². The van der Waals surface area contributed by atoms with E-state index in [1.807, 2.05) is 12.1 Å². The van der Waals surface area contributed by atoms with Crippen LogP contribution in [0.1, 0.15) is 76.7 Å². The quantitative estimate of drug-likeness (QED) is 0.137. The van der Waals surface area contributed by atoms with Crippen LogP contribution in [0.5, 0.6) is 0 Å². The Balaban J connectivity index is 0.00000661. The number of likely N-dealkylation sites (tertiary alicyclic amines) is 1. The molecule has 3 aliphatic rings. The van der Waals surface area contributed by atoms with Gasteiger partial charge in [0, 0.05) is 44.3 Å². The van der Waals surface area contributed by atoms with Gasteiger partial charge in [0.05, 0.1) is 40.4 Å². The second-order valence-corrected chi connectivity index (χ2v) is 16.3. The van der Waals surface area contributed by atoms with Gasteiger partial charge in [-0.25, -0.2) is 0 Å². The van der Waals surface area contributed by atoms with E-state index in [2.05, 4.69) is 17.0 Å². The van der Waals surface area contributed by atoms with Crippen molar-refractivity contribution in [2.75, 3.05) is 66.1 Å². The molecule has 2 saturated heterocycles. The van der Waals surface area contributed by atoms with E-state index < -0.39 is 40.6 Å². The summed E-state index contributed by atoms with van der Waals surface area (Å²) < 4.78 is 95.2. The monoisotopic (exact) mass is 893 g/mol. The molecular formula is C42H48Cl3F6N3O5. The van der Waals surface area contributed by atoms with E-state index in [4.69, 9.17) is 37.8 Å². The zero-order chi connectivity index (χ0) is 41.9. The third-order valence-corrected chi connectivity index (χ3v) is 12.6. The van der Waals surface area contributed by atoms with E-state index in [1.54, 1.807) is 30.1 Å². The third-order valence-electron chi connectivity index (χ3n) is 11.9. The minimum Gasteiger partial charge on any atom is -0.396 e. The summed E-state index contributed by atoms with van der Waals surface area (Å²) in [6.45, 7) is 2.21. The number of fused-ring (bicyclic) bond motifs is 2. The van der Waals surface area contributed by atoms with Gasteiger partial charge in [0.25, 0.3) is 5.91 Å². The van der Waals surface area contributed by atoms with E-state index in [-0.39, 0.29) is 78.9 Å². The lowest BCUT2D eigenvalue weighted by molar-refractivity contribution is -0.143. The van der Waals surface area contributed by atoms with E-state index >= 15 is 0 Å². The van der Waals surface area contributed by atoms with Crippen LogP contribution in [0, 0.1) is 0 Å². The number of amides is 2. The number of aliphatic hydroxyl groups is 1. The Morgan fingerprint density at radius 1 is 0.915 bits per heavy atom. The SMILES string of the molecule is CN(CCCCCO)C(=O)CO[C@H]1Cc2ccccc2C12CCN(CC[C@@]1(c3ccc(Cl)c(Cl)c3)CN(C(=O)c3cc(C(F)(F)F)cc(C(F)(F)F)c3)CCO1)CC2.Cl. The first-order chi connectivity index (χ1) is 27.5. The fraction of sp³-hybridized carbons (Fsp3) is 0.524. The average molecular weight is 895 g/mol. The fourth-order valence-electron chi connectivity index (χ4n) is 8.59. The Labute approximate surface area is 356 Å². The lowest BCUT2D eigenvalue weighted by atomic mass is 9.72. The first-order valence-corrected chi connectivity index (χ1v) is 20.2. The summed E-state index contributed by atoms with van der Waals surface area (Å²) >= 11 is 12.7. The number of carbonyl (C=O) groups is 2. The van der Waals surface area contributed by atoms with Crippen molar-refractivity contribution in [3.63, 3.8) is 0 Å². The van der Waals surface area contributed by atoms with Crippen LogP contribution in [0.4, 0.5) is 26.3 Å². The summed E-state index contributed by atoms with van der Waals surface area (Å²) in [4.78, 5) is 32.0. The number of hydrogen-bond donors (Lipinski definition) is 1. The number of aliphatic hydroxyl groups excluding tert-OH is 1. The number of morpholine rings is 1. The molecule has 0 saturated carbocycles. The van der Waals surface area contributed by atoms with Crippen molar-refractivity contribution >= 4 is 47.4 Å². The summed E-state index contributed by atoms with van der Waals surface area (Å²) in [7, 11) is 1.76. The number of halogens is 9. The largest absolute Gasteiger partial charge is 0.416 e. The number of likely N-dealkylation sites (N-methyl/N-ethyl adjacent to an activating group) is 1. The molecule has 3 aromatic rings. The Morgan fingerprint density at radius 3 is 2.24 bits per heavy atom. The van der Waals surface area contributed by atoms with Crippen molar-refractivity contribution in [2.45, 2.75) is 74.4 Å². The highest BCUT2D eigenvalue weighted by molar-refractivity contribution is 6.42. The summed E-state index contributed by atoms with van der Waals surface area (Å²) in [6, 6.07) is 14.0. The standard InChI is InChI=1S/C42H47Cl2F6N3O5.ClH/c1-51(14-5-2-6-19-54)37(55)26-57-36-23-28-7-3-4-8-33(28)39(36)11-15-52(16-12-39)17-13-40(30-9-10-34(43)35(44)25-30)27-53(18-20-58-40)38(56)29-21-31(41(45,46)47)24-32(22-29)42(48,49)50;/h3-4,7-10,21-22,24-25,36,54H,2,5-6,11-20,23,26-27H2,1H3;1H/t36-,40-;/m0./s1. The summed E-state index contributed by atoms with van der Waals surface area (Å²) in [5, 5.41) is 9.55. The van der Waals surface area contributed by atoms with Gasteiger partial charge in [-0.2, -0.15) is 26.3 Å². The fourth-order valence-corrected chi connectivity index (χ4v) is 8.89. The highest BCUT2D eigenvalue weighted by Gasteiger charge is 2.50. The maximum Gasteiger partial charge on any atom is 0.416 e. The Hall–Kier alpha value is -3.11. The van der Waals surface area contributed by atoms with Crippen molar-refractivity contribution in [2.24, 2.45) is 0 Å². The topological polar surface area (TPSA) is 82.5 Å². The first kappa shape index (κ1) is 46.9. The number of hydrogen-bond acceptors (Lipinski definition) is 6. The number of nitrogens with zero attached hydrogens (tertiary/aromatic N) is 3. The van der Waals surface area contributed by atoms with Gasteiger partial charge in [-0.05, 0) is 105 Å². The summed E-state index contributed by atoms with van der Waals surface area (Å²) in [5.74, 6) is -1.09. The van der Waals surface area contributed by atoms with Crippen LogP contribution in [-0.2, 0) is 44.1 Å². The molecule has 2 amide bonds. The molecule has 1 spiro atoms. The molecule has 2 heterocycles. The molecule has 1 aliphatic carbocycles. The van der Waals surface area contributed by atoms with Gasteiger partial charge in [0.2, 0.25) is 5.91 Å². The molecule has 324 valence electrons. The molecule has 17 heteroatoms. The summed E-state index contributed by atoms with van der Waals surface area (Å²) in [6.07, 6.45) is -5.65. The van der Waals surface area contributed by atoms with E-state index in [1.165, 1.54) is 16.0 Å². The van der Waals surface area contributed by atoms with Crippen LogP contribution < -0.4 is 0 Å². The lowest BCUT2D eigenvalue weighted by Crippen LogP contribution is -2.54. The van der Waals surface area contributed by atoms with Crippen molar-refractivity contribution in [1.82, 2.24) is 14.7 Å². The minimum atomic E-state index is -5.11. The number of ether oxygens (including phenoxy) is 2. The lowest BCUT2D eigenvalue weighted by Gasteiger charge is -2.46. The highest BCUT2D eigenvalue weighted by atomic mass is 35.5. The molecule has 0 bridgehead atoms. The normalized spacial score (nSPS) is 20.6.